The molecule has 5 heteroatoms. The summed E-state index contributed by atoms with van der Waals surface area (Å²) in [7, 11) is 1.57. The van der Waals surface area contributed by atoms with Gasteiger partial charge in [-0.05, 0) is 36.5 Å². The van der Waals surface area contributed by atoms with E-state index in [2.05, 4.69) is 4.99 Å². The maximum atomic E-state index is 12.5. The van der Waals surface area contributed by atoms with E-state index in [9.17, 15) is 14.7 Å². The highest BCUT2D eigenvalue weighted by Crippen LogP contribution is 2.23. The smallest absolute Gasteiger partial charge is 0.284 e. The Morgan fingerprint density at radius 3 is 2.44 bits per heavy atom. The van der Waals surface area contributed by atoms with Crippen molar-refractivity contribution in [3.05, 3.63) is 77.1 Å². The first-order valence-corrected chi connectivity index (χ1v) is 8.84. The molecule has 3 rings (SSSR count). The van der Waals surface area contributed by atoms with Crippen molar-refractivity contribution >= 4 is 17.4 Å². The molecule has 1 aliphatic heterocycles. The number of nitrogens with zero attached hydrogens (tertiary/aromatic N) is 1. The van der Waals surface area contributed by atoms with Gasteiger partial charge in [0.2, 0.25) is 0 Å². The summed E-state index contributed by atoms with van der Waals surface area (Å²) in [6.07, 6.45) is 1.57. The third-order valence-corrected chi connectivity index (χ3v) is 4.55. The molecule has 0 unspecified atom stereocenters. The van der Waals surface area contributed by atoms with Gasteiger partial charge in [0, 0.05) is 6.42 Å². The summed E-state index contributed by atoms with van der Waals surface area (Å²) < 4.78 is 5.27. The van der Waals surface area contributed by atoms with Crippen LogP contribution in [0.3, 0.4) is 0 Å². The molecule has 0 bridgehead atoms. The number of Topliss-reactive ketones (excluding diaryl/α,β-unsaturated/α-hetero) is 1. The van der Waals surface area contributed by atoms with E-state index >= 15 is 0 Å². The fourth-order valence-electron chi connectivity index (χ4n) is 3.09. The summed E-state index contributed by atoms with van der Waals surface area (Å²) in [6.45, 7) is 0. The predicted octanol–water partition coefficient (Wildman–Crippen LogP) is 3.62. The number of ether oxygens (including phenoxy) is 1. The van der Waals surface area contributed by atoms with Gasteiger partial charge in [0.25, 0.3) is 5.91 Å². The molecule has 0 aromatic heterocycles. The number of allylic oxidation sites excluding steroid dienone is 1. The molecule has 1 amide bonds. The van der Waals surface area contributed by atoms with Gasteiger partial charge in [-0.3, -0.25) is 9.59 Å². The van der Waals surface area contributed by atoms with E-state index in [0.29, 0.717) is 25.0 Å². The Morgan fingerprint density at radius 2 is 1.70 bits per heavy atom. The molecule has 2 aromatic carbocycles. The van der Waals surface area contributed by atoms with Crippen LogP contribution in [-0.4, -0.2) is 29.6 Å². The van der Waals surface area contributed by atoms with E-state index in [0.717, 1.165) is 11.1 Å². The number of hydrogen-bond acceptors (Lipinski definition) is 4. The Hall–Kier alpha value is -3.21. The number of aliphatic imine (C=N–C) groups is 1. The molecule has 27 heavy (non-hydrogen) atoms. The zero-order valence-corrected chi connectivity index (χ0v) is 15.1. The van der Waals surface area contributed by atoms with Crippen LogP contribution in [-0.2, 0) is 22.4 Å². The highest BCUT2D eigenvalue weighted by molar-refractivity contribution is 6.30. The zero-order valence-electron chi connectivity index (χ0n) is 15.1. The molecule has 0 aliphatic carbocycles. The van der Waals surface area contributed by atoms with E-state index in [1.54, 1.807) is 7.11 Å². The SMILES string of the molecule is COc1ccccc1CCC(=O)C1=C(O)C(CCc2ccccc2)=NC1=O. The van der Waals surface area contributed by atoms with Crippen LogP contribution in [0.25, 0.3) is 0 Å². The lowest BCUT2D eigenvalue weighted by atomic mass is 10.00. The molecule has 2 aromatic rings. The summed E-state index contributed by atoms with van der Waals surface area (Å²) in [4.78, 5) is 28.5. The maximum absolute atomic E-state index is 12.5. The average molecular weight is 363 g/mol. The van der Waals surface area contributed by atoms with Crippen molar-refractivity contribution in [1.82, 2.24) is 0 Å². The lowest BCUT2D eigenvalue weighted by Gasteiger charge is -2.07. The van der Waals surface area contributed by atoms with Crippen LogP contribution in [0, 0.1) is 0 Å². The molecule has 1 N–H and O–H groups in total. The van der Waals surface area contributed by atoms with E-state index < -0.39 is 11.7 Å². The van der Waals surface area contributed by atoms with Gasteiger partial charge in [-0.2, -0.15) is 0 Å². The molecule has 5 nitrogen and oxygen atoms in total. The second kappa shape index (κ2) is 8.45. The number of rotatable bonds is 8. The van der Waals surface area contributed by atoms with Crippen molar-refractivity contribution < 1.29 is 19.4 Å². The van der Waals surface area contributed by atoms with Crippen molar-refractivity contribution in [3.63, 3.8) is 0 Å². The number of carbonyl (C=O) groups is 2. The minimum Gasteiger partial charge on any atom is -0.505 e. The Kier molecular flexibility index (Phi) is 5.81. The van der Waals surface area contributed by atoms with Crippen molar-refractivity contribution in [3.8, 4) is 5.75 Å². The molecule has 0 saturated carbocycles. The number of para-hydroxylation sites is 1. The minimum absolute atomic E-state index is 0.104. The molecule has 0 spiro atoms. The first kappa shape index (κ1) is 18.6. The fourth-order valence-corrected chi connectivity index (χ4v) is 3.09. The van der Waals surface area contributed by atoms with Gasteiger partial charge in [-0.25, -0.2) is 4.99 Å². The van der Waals surface area contributed by atoms with Crippen LogP contribution >= 0.6 is 0 Å². The number of aliphatic hydroxyl groups is 1. The molecule has 1 aliphatic rings. The van der Waals surface area contributed by atoms with Crippen LogP contribution in [0.5, 0.6) is 5.75 Å². The van der Waals surface area contributed by atoms with Gasteiger partial charge < -0.3 is 9.84 Å². The number of aliphatic hydroxyl groups excluding tert-OH is 1. The molecule has 0 fully saturated rings. The van der Waals surface area contributed by atoms with Gasteiger partial charge in [0.1, 0.15) is 11.3 Å². The number of carbonyl (C=O) groups excluding carboxylic acids is 2. The normalized spacial score (nSPS) is 13.7. The Bertz CT molecular complexity index is 913. The first-order chi connectivity index (χ1) is 13.1. The highest BCUT2D eigenvalue weighted by Gasteiger charge is 2.31. The summed E-state index contributed by atoms with van der Waals surface area (Å²) >= 11 is 0. The van der Waals surface area contributed by atoms with Crippen molar-refractivity contribution in [1.29, 1.82) is 0 Å². The monoisotopic (exact) mass is 363 g/mol. The first-order valence-electron chi connectivity index (χ1n) is 8.84. The van der Waals surface area contributed by atoms with Crippen molar-refractivity contribution in [2.75, 3.05) is 7.11 Å². The summed E-state index contributed by atoms with van der Waals surface area (Å²) in [5.74, 6) is -0.635. The second-order valence-electron chi connectivity index (χ2n) is 6.31. The maximum Gasteiger partial charge on any atom is 0.284 e. The van der Waals surface area contributed by atoms with Crippen LogP contribution < -0.4 is 4.74 Å². The molecule has 0 radical (unpaired) electrons. The number of methoxy groups -OCH3 is 1. The van der Waals surface area contributed by atoms with Crippen molar-refractivity contribution in [2.24, 2.45) is 4.99 Å². The van der Waals surface area contributed by atoms with E-state index in [1.807, 2.05) is 54.6 Å². The number of aryl methyl sites for hydroxylation is 2. The Balaban J connectivity index is 1.65. The zero-order chi connectivity index (χ0) is 19.2. The Labute approximate surface area is 158 Å². The highest BCUT2D eigenvalue weighted by atomic mass is 16.5. The van der Waals surface area contributed by atoms with Crippen LogP contribution in [0.1, 0.15) is 24.0 Å². The molecule has 0 atom stereocenters. The molecular formula is C22H21NO4. The average Bonchev–Trinajstić information content (AvgIpc) is 2.99. The van der Waals surface area contributed by atoms with Crippen LogP contribution in [0.15, 0.2) is 70.9 Å². The lowest BCUT2D eigenvalue weighted by molar-refractivity contribution is -0.120. The molecule has 1 heterocycles. The van der Waals surface area contributed by atoms with E-state index in [-0.39, 0.29) is 23.5 Å². The molecular weight excluding hydrogens is 342 g/mol. The summed E-state index contributed by atoms with van der Waals surface area (Å²) in [6, 6.07) is 17.1. The second-order valence-corrected chi connectivity index (χ2v) is 6.31. The summed E-state index contributed by atoms with van der Waals surface area (Å²) in [5.41, 5.74) is 2.04. The van der Waals surface area contributed by atoms with Crippen molar-refractivity contribution in [2.45, 2.75) is 25.7 Å². The third-order valence-electron chi connectivity index (χ3n) is 4.55. The van der Waals surface area contributed by atoms with Gasteiger partial charge in [0.15, 0.2) is 11.5 Å². The van der Waals surface area contributed by atoms with Gasteiger partial charge in [0.05, 0.1) is 12.8 Å². The standard InChI is InChI=1S/C22H21NO4/c1-27-19-10-6-5-9-16(19)12-14-18(24)20-21(25)17(23-22(20)26)13-11-15-7-3-2-4-8-15/h2-10,25H,11-14H2,1H3. The number of amides is 1. The van der Waals surface area contributed by atoms with E-state index in [4.69, 9.17) is 4.74 Å². The third kappa shape index (κ3) is 4.31. The molecule has 138 valence electrons. The van der Waals surface area contributed by atoms with Crippen LogP contribution in [0.4, 0.5) is 0 Å². The quantitative estimate of drug-likeness (QED) is 0.727. The molecule has 0 saturated heterocycles. The minimum atomic E-state index is -0.652. The van der Waals surface area contributed by atoms with E-state index in [1.165, 1.54) is 0 Å². The number of hydrogen-bond donors (Lipinski definition) is 1. The Morgan fingerprint density at radius 1 is 1.00 bits per heavy atom. The van der Waals surface area contributed by atoms with Crippen LogP contribution in [0.2, 0.25) is 0 Å². The van der Waals surface area contributed by atoms with Gasteiger partial charge in [-0.1, -0.05) is 48.5 Å². The topological polar surface area (TPSA) is 76.0 Å². The van der Waals surface area contributed by atoms with Gasteiger partial charge in [-0.15, -0.1) is 0 Å². The fraction of sp³-hybridized carbons (Fsp3) is 0.227. The number of benzene rings is 2. The number of ketones is 1. The lowest BCUT2D eigenvalue weighted by Crippen LogP contribution is -2.12. The largest absolute Gasteiger partial charge is 0.505 e. The van der Waals surface area contributed by atoms with Gasteiger partial charge >= 0.3 is 0 Å². The predicted molar refractivity (Wildman–Crippen MR) is 103 cm³/mol. The summed E-state index contributed by atoms with van der Waals surface area (Å²) in [5, 5.41) is 10.3.